The lowest BCUT2D eigenvalue weighted by Gasteiger charge is -2.45. The number of nitrogens with zero attached hydrogens (tertiary/aromatic N) is 4. The molecule has 1 aliphatic heterocycles. The van der Waals surface area contributed by atoms with Crippen molar-refractivity contribution in [1.29, 1.82) is 0 Å². The van der Waals surface area contributed by atoms with E-state index in [9.17, 15) is 9.59 Å². The number of carbonyl (C=O) groups is 1. The predicted octanol–water partition coefficient (Wildman–Crippen LogP) is 3.61. The first kappa shape index (κ1) is 21.7. The number of aryl methyl sites for hydroxylation is 1. The molecule has 1 unspecified atom stereocenters. The summed E-state index contributed by atoms with van der Waals surface area (Å²) in [6.07, 6.45) is 4.09. The number of likely N-dealkylation sites (tertiary alicyclic amines) is 1. The summed E-state index contributed by atoms with van der Waals surface area (Å²) in [5, 5.41) is 4.50. The van der Waals surface area contributed by atoms with Gasteiger partial charge in [-0.2, -0.15) is 0 Å². The van der Waals surface area contributed by atoms with Crippen molar-refractivity contribution in [2.45, 2.75) is 32.2 Å². The van der Waals surface area contributed by atoms with E-state index in [1.807, 2.05) is 23.1 Å². The second-order valence-corrected chi connectivity index (χ2v) is 11.3. The van der Waals surface area contributed by atoms with Gasteiger partial charge in [-0.05, 0) is 56.6 Å². The van der Waals surface area contributed by atoms with E-state index < -0.39 is 0 Å². The number of aromatic nitrogens is 3. The quantitative estimate of drug-likeness (QED) is 0.440. The van der Waals surface area contributed by atoms with Crippen molar-refractivity contribution in [1.82, 2.24) is 24.8 Å². The molecular weight excluding hydrogens is 468 g/mol. The van der Waals surface area contributed by atoms with Gasteiger partial charge < -0.3 is 20.1 Å². The topological polar surface area (TPSA) is 94.2 Å². The van der Waals surface area contributed by atoms with Gasteiger partial charge in [0, 0.05) is 35.6 Å². The fraction of sp³-hybridized carbons (Fsp3) is 0.417. The fourth-order valence-electron chi connectivity index (χ4n) is 5.01. The van der Waals surface area contributed by atoms with Crippen LogP contribution in [0, 0.1) is 5.92 Å². The van der Waals surface area contributed by atoms with E-state index in [1.54, 1.807) is 17.7 Å². The summed E-state index contributed by atoms with van der Waals surface area (Å²) in [6.45, 7) is 4.86. The van der Waals surface area contributed by atoms with Gasteiger partial charge >= 0.3 is 4.87 Å². The molecule has 176 valence electrons. The minimum absolute atomic E-state index is 0.0524. The first-order valence-corrected chi connectivity index (χ1v) is 13.3. The van der Waals surface area contributed by atoms with Crippen molar-refractivity contribution < 1.29 is 4.79 Å². The highest BCUT2D eigenvalue weighted by molar-refractivity contribution is 7.19. The molecule has 1 saturated heterocycles. The summed E-state index contributed by atoms with van der Waals surface area (Å²) >= 11 is 2.88. The molecule has 3 aromatic heterocycles. The molecule has 0 saturated carbocycles. The number of hydrogen-bond donors (Lipinski definition) is 2. The Labute approximate surface area is 204 Å². The van der Waals surface area contributed by atoms with Crippen LogP contribution in [0.25, 0.3) is 20.4 Å². The van der Waals surface area contributed by atoms with E-state index in [0.29, 0.717) is 11.9 Å². The molecule has 34 heavy (non-hydrogen) atoms. The van der Waals surface area contributed by atoms with E-state index in [4.69, 9.17) is 0 Å². The van der Waals surface area contributed by atoms with Crippen LogP contribution in [0.3, 0.4) is 0 Å². The normalized spacial score (nSPS) is 18.4. The van der Waals surface area contributed by atoms with Crippen LogP contribution >= 0.6 is 22.7 Å². The molecule has 10 heteroatoms. The van der Waals surface area contributed by atoms with Crippen LogP contribution in [0.2, 0.25) is 0 Å². The maximum absolute atomic E-state index is 13.1. The molecule has 6 rings (SSSR count). The van der Waals surface area contributed by atoms with Crippen LogP contribution in [-0.4, -0.2) is 63.4 Å². The number of benzene rings is 1. The average molecular weight is 495 g/mol. The third kappa shape index (κ3) is 3.70. The van der Waals surface area contributed by atoms with Crippen molar-refractivity contribution in [3.63, 3.8) is 0 Å². The Hall–Kier alpha value is -2.82. The molecule has 1 amide bonds. The Bertz CT molecular complexity index is 1450. The molecule has 1 fully saturated rings. The first-order chi connectivity index (χ1) is 16.5. The highest BCUT2D eigenvalue weighted by Crippen LogP contribution is 2.41. The van der Waals surface area contributed by atoms with Crippen LogP contribution in [-0.2, 0) is 17.6 Å². The molecular formula is C24H26N6O2S2. The molecule has 1 atom stereocenters. The Balaban J connectivity index is 1.23. The fourth-order valence-corrected chi connectivity index (χ4v) is 7.05. The van der Waals surface area contributed by atoms with Gasteiger partial charge in [0.2, 0.25) is 5.91 Å². The van der Waals surface area contributed by atoms with Gasteiger partial charge in [-0.1, -0.05) is 18.3 Å². The van der Waals surface area contributed by atoms with E-state index in [1.165, 1.54) is 21.8 Å². The summed E-state index contributed by atoms with van der Waals surface area (Å²) in [5.41, 5.74) is 2.99. The number of likely N-dealkylation sites (N-methyl/N-ethyl adjacent to an activating group) is 1. The predicted molar refractivity (Wildman–Crippen MR) is 137 cm³/mol. The largest absolute Gasteiger partial charge is 0.340 e. The SMILES string of the molecule is CCN(C)C1CN(C(=O)C2CCc3c(sc4ncnc(Nc5ccc6[nH]c(=O)sc6c5)c34)C2)C1. The van der Waals surface area contributed by atoms with Crippen LogP contribution in [0.5, 0.6) is 0 Å². The number of aromatic amines is 1. The number of carbonyl (C=O) groups excluding carboxylic acids is 1. The minimum Gasteiger partial charge on any atom is -0.340 e. The lowest BCUT2D eigenvalue weighted by atomic mass is 9.86. The third-order valence-electron chi connectivity index (χ3n) is 7.17. The Kier molecular flexibility index (Phi) is 5.39. The minimum atomic E-state index is -0.0567. The molecule has 1 aromatic carbocycles. The summed E-state index contributed by atoms with van der Waals surface area (Å²) in [5.74, 6) is 1.13. The lowest BCUT2D eigenvalue weighted by Crippen LogP contribution is -2.61. The summed E-state index contributed by atoms with van der Waals surface area (Å²) in [6, 6.07) is 6.32. The summed E-state index contributed by atoms with van der Waals surface area (Å²) in [7, 11) is 2.13. The van der Waals surface area contributed by atoms with Gasteiger partial charge in [-0.25, -0.2) is 9.97 Å². The Morgan fingerprint density at radius 3 is 2.97 bits per heavy atom. The van der Waals surface area contributed by atoms with Crippen molar-refractivity contribution in [3.8, 4) is 0 Å². The zero-order valence-corrected chi connectivity index (χ0v) is 20.8. The van der Waals surface area contributed by atoms with E-state index in [0.717, 1.165) is 70.8 Å². The molecule has 0 radical (unpaired) electrons. The molecule has 2 N–H and O–H groups in total. The zero-order valence-electron chi connectivity index (χ0n) is 19.1. The van der Waals surface area contributed by atoms with Crippen molar-refractivity contribution >= 4 is 60.5 Å². The van der Waals surface area contributed by atoms with Crippen molar-refractivity contribution in [3.05, 3.63) is 44.6 Å². The Morgan fingerprint density at radius 1 is 1.29 bits per heavy atom. The van der Waals surface area contributed by atoms with Crippen LogP contribution in [0.1, 0.15) is 23.8 Å². The molecule has 1 aliphatic carbocycles. The van der Waals surface area contributed by atoms with Crippen LogP contribution in [0.4, 0.5) is 11.5 Å². The lowest BCUT2D eigenvalue weighted by molar-refractivity contribution is -0.143. The standard InChI is InChI=1S/C24H26N6O2S2/c1-3-29(2)15-10-30(11-15)23(31)13-4-6-16-18(8-13)33-22-20(16)21(25-12-26-22)27-14-5-7-17-19(9-14)34-24(32)28-17/h5,7,9,12-13,15H,3-4,6,8,10-11H2,1-2H3,(H,28,32)(H,25,26,27). The van der Waals surface area contributed by atoms with Crippen molar-refractivity contribution in [2.24, 2.45) is 5.92 Å². The number of hydrogen-bond acceptors (Lipinski definition) is 8. The number of thiophene rings is 1. The third-order valence-corrected chi connectivity index (χ3v) is 9.18. The summed E-state index contributed by atoms with van der Waals surface area (Å²) < 4.78 is 0.910. The molecule has 2 aliphatic rings. The van der Waals surface area contributed by atoms with Gasteiger partial charge in [0.1, 0.15) is 17.0 Å². The number of fused-ring (bicyclic) bond motifs is 4. The number of thiazole rings is 1. The van der Waals surface area contributed by atoms with Gasteiger partial charge in [0.15, 0.2) is 0 Å². The number of H-pyrrole nitrogens is 1. The molecule has 4 heterocycles. The Morgan fingerprint density at radius 2 is 2.15 bits per heavy atom. The number of nitrogens with one attached hydrogen (secondary N) is 2. The molecule has 4 aromatic rings. The van der Waals surface area contributed by atoms with E-state index >= 15 is 0 Å². The molecule has 8 nitrogen and oxygen atoms in total. The maximum atomic E-state index is 13.1. The van der Waals surface area contributed by atoms with Gasteiger partial charge in [0.25, 0.3) is 0 Å². The highest BCUT2D eigenvalue weighted by Gasteiger charge is 2.38. The molecule has 0 spiro atoms. The van der Waals surface area contributed by atoms with Crippen molar-refractivity contribution in [2.75, 3.05) is 32.0 Å². The maximum Gasteiger partial charge on any atom is 0.305 e. The average Bonchev–Trinajstić information content (AvgIpc) is 3.36. The first-order valence-electron chi connectivity index (χ1n) is 11.6. The van der Waals surface area contributed by atoms with Crippen LogP contribution in [0.15, 0.2) is 29.3 Å². The smallest absolute Gasteiger partial charge is 0.305 e. The van der Waals surface area contributed by atoms with Gasteiger partial charge in [-0.15, -0.1) is 11.3 Å². The van der Waals surface area contributed by atoms with E-state index in [-0.39, 0.29) is 10.8 Å². The summed E-state index contributed by atoms with van der Waals surface area (Å²) in [4.78, 5) is 43.2. The van der Waals surface area contributed by atoms with Gasteiger partial charge in [-0.3, -0.25) is 9.59 Å². The van der Waals surface area contributed by atoms with E-state index in [2.05, 4.69) is 39.1 Å². The monoisotopic (exact) mass is 494 g/mol. The number of rotatable bonds is 5. The van der Waals surface area contributed by atoms with Crippen LogP contribution < -0.4 is 10.2 Å². The highest BCUT2D eigenvalue weighted by atomic mass is 32.1. The second-order valence-electron chi connectivity index (χ2n) is 9.17. The number of anilines is 2. The molecule has 0 bridgehead atoms. The second kappa shape index (κ2) is 8.44. The zero-order chi connectivity index (χ0) is 23.4. The number of amides is 1. The van der Waals surface area contributed by atoms with Gasteiger partial charge in [0.05, 0.1) is 15.6 Å².